The van der Waals surface area contributed by atoms with Crippen molar-refractivity contribution >= 4 is 23.1 Å². The van der Waals surface area contributed by atoms with Gasteiger partial charge in [0.15, 0.2) is 0 Å². The second-order valence-electron chi connectivity index (χ2n) is 6.42. The molecule has 0 aliphatic carbocycles. The summed E-state index contributed by atoms with van der Waals surface area (Å²) in [4.78, 5) is 27.3. The molecule has 0 bridgehead atoms. The highest BCUT2D eigenvalue weighted by molar-refractivity contribution is 6.36. The smallest absolute Gasteiger partial charge is 0.278 e. The molecule has 2 aromatic carbocycles. The van der Waals surface area contributed by atoms with Gasteiger partial charge in [0.2, 0.25) is 0 Å². The maximum Gasteiger partial charge on any atom is 0.278 e. The molecule has 0 fully saturated rings. The van der Waals surface area contributed by atoms with Gasteiger partial charge in [0.25, 0.3) is 11.8 Å². The molecule has 0 saturated carbocycles. The Bertz CT molecular complexity index is 842. The average molecular weight is 364 g/mol. The summed E-state index contributed by atoms with van der Waals surface area (Å²) in [6.45, 7) is 5.41. The lowest BCUT2D eigenvalue weighted by Crippen LogP contribution is -2.34. The van der Waals surface area contributed by atoms with Crippen molar-refractivity contribution in [1.29, 1.82) is 0 Å². The van der Waals surface area contributed by atoms with E-state index in [1.165, 1.54) is 4.90 Å². The Morgan fingerprint density at radius 1 is 0.963 bits per heavy atom. The SMILES string of the molecule is CCOCCCN1C(=O)C(Nc2ccc(C)cc2)=C(c2ccccc2)C1=O. The van der Waals surface area contributed by atoms with Crippen molar-refractivity contribution in [3.63, 3.8) is 0 Å². The van der Waals surface area contributed by atoms with Crippen molar-refractivity contribution in [3.8, 4) is 0 Å². The highest BCUT2D eigenvalue weighted by atomic mass is 16.5. The van der Waals surface area contributed by atoms with Gasteiger partial charge >= 0.3 is 0 Å². The number of amides is 2. The molecule has 1 heterocycles. The molecule has 1 aliphatic rings. The van der Waals surface area contributed by atoms with E-state index in [4.69, 9.17) is 4.74 Å². The number of ether oxygens (including phenoxy) is 1. The van der Waals surface area contributed by atoms with Crippen LogP contribution in [-0.4, -0.2) is 36.5 Å². The number of imide groups is 1. The van der Waals surface area contributed by atoms with E-state index >= 15 is 0 Å². The molecule has 1 N–H and O–H groups in total. The van der Waals surface area contributed by atoms with Crippen molar-refractivity contribution in [2.24, 2.45) is 0 Å². The highest BCUT2D eigenvalue weighted by Crippen LogP contribution is 2.30. The number of nitrogens with zero attached hydrogens (tertiary/aromatic N) is 1. The Balaban J connectivity index is 1.90. The number of hydrogen-bond acceptors (Lipinski definition) is 4. The van der Waals surface area contributed by atoms with Gasteiger partial charge < -0.3 is 10.1 Å². The van der Waals surface area contributed by atoms with E-state index in [1.54, 1.807) is 0 Å². The van der Waals surface area contributed by atoms with Gasteiger partial charge in [-0.2, -0.15) is 0 Å². The van der Waals surface area contributed by atoms with Crippen molar-refractivity contribution in [2.75, 3.05) is 25.1 Å². The fraction of sp³-hybridized carbons (Fsp3) is 0.273. The number of rotatable bonds is 8. The number of aryl methyl sites for hydroxylation is 1. The summed E-state index contributed by atoms with van der Waals surface area (Å²) < 4.78 is 5.33. The summed E-state index contributed by atoms with van der Waals surface area (Å²) in [5, 5.41) is 3.16. The van der Waals surface area contributed by atoms with Crippen LogP contribution < -0.4 is 5.32 Å². The Hall–Kier alpha value is -2.92. The number of carbonyl (C=O) groups is 2. The second-order valence-corrected chi connectivity index (χ2v) is 6.42. The molecule has 27 heavy (non-hydrogen) atoms. The first-order valence-corrected chi connectivity index (χ1v) is 9.19. The minimum atomic E-state index is -0.295. The van der Waals surface area contributed by atoms with Crippen molar-refractivity contribution in [2.45, 2.75) is 20.3 Å². The van der Waals surface area contributed by atoms with E-state index in [2.05, 4.69) is 5.32 Å². The van der Waals surface area contributed by atoms with Crippen molar-refractivity contribution in [1.82, 2.24) is 4.90 Å². The molecule has 1 aliphatic heterocycles. The zero-order chi connectivity index (χ0) is 19.2. The lowest BCUT2D eigenvalue weighted by Gasteiger charge is -2.15. The predicted molar refractivity (Wildman–Crippen MR) is 106 cm³/mol. The van der Waals surface area contributed by atoms with Gasteiger partial charge in [-0.1, -0.05) is 48.0 Å². The van der Waals surface area contributed by atoms with E-state index in [0.717, 1.165) is 16.8 Å². The van der Waals surface area contributed by atoms with Crippen LogP contribution in [0.5, 0.6) is 0 Å². The predicted octanol–water partition coefficient (Wildman–Crippen LogP) is 3.61. The summed E-state index contributed by atoms with van der Waals surface area (Å²) in [5.74, 6) is -0.562. The molecule has 0 saturated heterocycles. The van der Waals surface area contributed by atoms with Crippen LogP contribution in [0.1, 0.15) is 24.5 Å². The van der Waals surface area contributed by atoms with Crippen molar-refractivity contribution < 1.29 is 14.3 Å². The minimum Gasteiger partial charge on any atom is -0.382 e. The van der Waals surface area contributed by atoms with Gasteiger partial charge in [-0.15, -0.1) is 0 Å². The summed E-state index contributed by atoms with van der Waals surface area (Å²) in [5.41, 5.74) is 3.38. The number of hydrogen-bond donors (Lipinski definition) is 1. The van der Waals surface area contributed by atoms with Crippen LogP contribution in [0.4, 0.5) is 5.69 Å². The fourth-order valence-corrected chi connectivity index (χ4v) is 3.02. The summed E-state index contributed by atoms with van der Waals surface area (Å²) in [7, 11) is 0. The lowest BCUT2D eigenvalue weighted by molar-refractivity contribution is -0.137. The van der Waals surface area contributed by atoms with Crippen LogP contribution in [0.25, 0.3) is 5.57 Å². The van der Waals surface area contributed by atoms with Crippen LogP contribution in [0, 0.1) is 6.92 Å². The molecular weight excluding hydrogens is 340 g/mol. The maximum absolute atomic E-state index is 13.0. The van der Waals surface area contributed by atoms with Crippen LogP contribution >= 0.6 is 0 Å². The first-order valence-electron chi connectivity index (χ1n) is 9.19. The Labute approximate surface area is 159 Å². The molecule has 140 valence electrons. The molecular formula is C22H24N2O3. The van der Waals surface area contributed by atoms with E-state index in [-0.39, 0.29) is 11.8 Å². The van der Waals surface area contributed by atoms with E-state index < -0.39 is 0 Å². The Morgan fingerprint density at radius 2 is 1.67 bits per heavy atom. The number of nitrogens with one attached hydrogen (secondary N) is 1. The molecule has 5 heteroatoms. The first-order chi connectivity index (χ1) is 13.1. The molecule has 0 radical (unpaired) electrons. The molecule has 0 spiro atoms. The average Bonchev–Trinajstić information content (AvgIpc) is 2.91. The third-order valence-corrected chi connectivity index (χ3v) is 4.43. The molecule has 2 amide bonds. The summed E-state index contributed by atoms with van der Waals surface area (Å²) >= 11 is 0. The van der Waals surface area contributed by atoms with E-state index in [0.29, 0.717) is 37.4 Å². The Kier molecular flexibility index (Phi) is 6.04. The largest absolute Gasteiger partial charge is 0.382 e. The molecule has 0 unspecified atom stereocenters. The van der Waals surface area contributed by atoms with Crippen LogP contribution in [-0.2, 0) is 14.3 Å². The number of anilines is 1. The second kappa shape index (κ2) is 8.64. The summed E-state index contributed by atoms with van der Waals surface area (Å²) in [6, 6.07) is 17.0. The molecule has 3 rings (SSSR count). The standard InChI is InChI=1S/C22H24N2O3/c1-3-27-15-7-14-24-21(25)19(17-8-5-4-6-9-17)20(22(24)26)23-18-12-10-16(2)11-13-18/h4-6,8-13,23H,3,7,14-15H2,1-2H3. The first kappa shape index (κ1) is 18.9. The fourth-order valence-electron chi connectivity index (χ4n) is 3.02. The van der Waals surface area contributed by atoms with E-state index in [9.17, 15) is 9.59 Å². The monoisotopic (exact) mass is 364 g/mol. The van der Waals surface area contributed by atoms with Gasteiger partial charge in [0.05, 0.1) is 5.57 Å². The van der Waals surface area contributed by atoms with Gasteiger partial charge in [0, 0.05) is 25.4 Å². The van der Waals surface area contributed by atoms with Crippen LogP contribution in [0.15, 0.2) is 60.3 Å². The topological polar surface area (TPSA) is 58.6 Å². The zero-order valence-electron chi connectivity index (χ0n) is 15.7. The number of carbonyl (C=O) groups excluding carboxylic acids is 2. The third kappa shape index (κ3) is 4.26. The molecule has 0 aromatic heterocycles. The quantitative estimate of drug-likeness (QED) is 0.574. The molecule has 5 nitrogen and oxygen atoms in total. The third-order valence-electron chi connectivity index (χ3n) is 4.43. The zero-order valence-corrected chi connectivity index (χ0v) is 15.7. The van der Waals surface area contributed by atoms with Gasteiger partial charge in [-0.3, -0.25) is 14.5 Å². The summed E-state index contributed by atoms with van der Waals surface area (Å²) in [6.07, 6.45) is 0.616. The van der Waals surface area contributed by atoms with Crippen molar-refractivity contribution in [3.05, 3.63) is 71.4 Å². The maximum atomic E-state index is 13.0. The Morgan fingerprint density at radius 3 is 2.33 bits per heavy atom. The van der Waals surface area contributed by atoms with Gasteiger partial charge in [-0.25, -0.2) is 0 Å². The van der Waals surface area contributed by atoms with Crippen LogP contribution in [0.3, 0.4) is 0 Å². The van der Waals surface area contributed by atoms with Crippen LogP contribution in [0.2, 0.25) is 0 Å². The van der Waals surface area contributed by atoms with E-state index in [1.807, 2.05) is 68.4 Å². The number of benzene rings is 2. The normalized spacial score (nSPS) is 14.2. The van der Waals surface area contributed by atoms with Gasteiger partial charge in [-0.05, 0) is 38.0 Å². The molecule has 2 aromatic rings. The highest BCUT2D eigenvalue weighted by Gasteiger charge is 2.38. The van der Waals surface area contributed by atoms with Gasteiger partial charge in [0.1, 0.15) is 5.70 Å². The minimum absolute atomic E-state index is 0.266. The molecule has 0 atom stereocenters. The lowest BCUT2D eigenvalue weighted by atomic mass is 10.0.